The molecule has 2 amide bonds. The number of hydrogen-bond acceptors (Lipinski definition) is 3. The van der Waals surface area contributed by atoms with Crippen LogP contribution in [0.4, 0.5) is 11.4 Å². The number of benzene rings is 4. The van der Waals surface area contributed by atoms with Crippen molar-refractivity contribution in [1.29, 1.82) is 0 Å². The molecule has 0 radical (unpaired) electrons. The van der Waals surface area contributed by atoms with Crippen LogP contribution in [0.5, 0.6) is 0 Å². The molecular weight excluding hydrogens is 442 g/mol. The average molecular weight is 466 g/mol. The van der Waals surface area contributed by atoms with Gasteiger partial charge in [-0.1, -0.05) is 60.7 Å². The topological polar surface area (TPSA) is 61.4 Å². The Morgan fingerprint density at radius 1 is 0.824 bits per heavy atom. The van der Waals surface area contributed by atoms with E-state index in [0.717, 1.165) is 22.0 Å². The predicted octanol–water partition coefficient (Wildman–Crippen LogP) is 5.64. The van der Waals surface area contributed by atoms with Crippen LogP contribution in [-0.4, -0.2) is 24.0 Å². The standard InChI is InChI=1S/C28H23N3O2S/c1-31(24-11-3-2-4-12-24)27(33)22-14-17-23(18-15-22)29-28(34)30-26(32)19-16-21-10-7-9-20-8-5-6-13-25(20)21/h2-19H,1H3,(H2,29,30,32,34)/b19-16+. The van der Waals surface area contributed by atoms with Gasteiger partial charge in [-0.3, -0.25) is 14.9 Å². The molecule has 4 aromatic rings. The van der Waals surface area contributed by atoms with Crippen molar-refractivity contribution in [3.05, 3.63) is 114 Å². The van der Waals surface area contributed by atoms with Crippen molar-refractivity contribution in [3.63, 3.8) is 0 Å². The van der Waals surface area contributed by atoms with E-state index in [1.165, 1.54) is 6.08 Å². The van der Waals surface area contributed by atoms with Gasteiger partial charge in [-0.15, -0.1) is 0 Å². The van der Waals surface area contributed by atoms with Gasteiger partial charge in [-0.2, -0.15) is 0 Å². The third-order valence-corrected chi connectivity index (χ3v) is 5.52. The quantitative estimate of drug-likeness (QED) is 0.296. The first-order valence-corrected chi connectivity index (χ1v) is 11.1. The second-order valence-corrected chi connectivity index (χ2v) is 8.03. The molecule has 0 heterocycles. The smallest absolute Gasteiger partial charge is 0.258 e. The molecule has 4 aromatic carbocycles. The maximum atomic E-state index is 12.7. The monoisotopic (exact) mass is 465 g/mol. The zero-order valence-corrected chi connectivity index (χ0v) is 19.4. The number of carbonyl (C=O) groups excluding carboxylic acids is 2. The SMILES string of the molecule is CN(C(=O)c1ccc(NC(=S)NC(=O)/C=C/c2cccc3ccccc23)cc1)c1ccccc1. The van der Waals surface area contributed by atoms with Crippen molar-refractivity contribution in [2.24, 2.45) is 0 Å². The molecule has 5 nitrogen and oxygen atoms in total. The molecule has 0 fully saturated rings. The zero-order valence-electron chi connectivity index (χ0n) is 18.6. The van der Waals surface area contributed by atoms with Crippen molar-refractivity contribution in [2.45, 2.75) is 0 Å². The third kappa shape index (κ3) is 5.54. The third-order valence-electron chi connectivity index (χ3n) is 5.31. The van der Waals surface area contributed by atoms with E-state index in [1.54, 1.807) is 42.3 Å². The summed E-state index contributed by atoms with van der Waals surface area (Å²) in [6.45, 7) is 0. The van der Waals surface area contributed by atoms with Crippen LogP contribution < -0.4 is 15.5 Å². The van der Waals surface area contributed by atoms with Crippen LogP contribution in [0.25, 0.3) is 16.8 Å². The molecule has 0 aliphatic rings. The number of carbonyl (C=O) groups is 2. The largest absolute Gasteiger partial charge is 0.332 e. The summed E-state index contributed by atoms with van der Waals surface area (Å²) in [6.07, 6.45) is 3.22. The summed E-state index contributed by atoms with van der Waals surface area (Å²) in [4.78, 5) is 26.6. The van der Waals surface area contributed by atoms with Gasteiger partial charge < -0.3 is 10.2 Å². The van der Waals surface area contributed by atoms with E-state index in [9.17, 15) is 9.59 Å². The summed E-state index contributed by atoms with van der Waals surface area (Å²) in [5.41, 5.74) is 2.98. The predicted molar refractivity (Wildman–Crippen MR) is 143 cm³/mol. The summed E-state index contributed by atoms with van der Waals surface area (Å²) in [6, 6.07) is 30.3. The number of fused-ring (bicyclic) bond motifs is 1. The Bertz CT molecular complexity index is 1360. The first kappa shape index (κ1) is 22.9. The van der Waals surface area contributed by atoms with Crippen molar-refractivity contribution in [3.8, 4) is 0 Å². The van der Waals surface area contributed by atoms with Crippen molar-refractivity contribution in [1.82, 2.24) is 5.32 Å². The first-order chi connectivity index (χ1) is 16.5. The lowest BCUT2D eigenvalue weighted by Gasteiger charge is -2.17. The Balaban J connectivity index is 1.34. The molecule has 0 aliphatic carbocycles. The fraction of sp³-hybridized carbons (Fsp3) is 0.0357. The lowest BCUT2D eigenvalue weighted by molar-refractivity contribution is -0.115. The molecule has 0 bridgehead atoms. The van der Waals surface area contributed by atoms with Crippen LogP contribution >= 0.6 is 12.2 Å². The van der Waals surface area contributed by atoms with Crippen LogP contribution in [0, 0.1) is 0 Å². The second-order valence-electron chi connectivity index (χ2n) is 7.62. The lowest BCUT2D eigenvalue weighted by Crippen LogP contribution is -2.32. The van der Waals surface area contributed by atoms with Crippen molar-refractivity contribution >= 4 is 57.4 Å². The Hall–Kier alpha value is -4.29. The van der Waals surface area contributed by atoms with Gasteiger partial charge in [0.2, 0.25) is 5.91 Å². The van der Waals surface area contributed by atoms with Crippen LogP contribution in [0.2, 0.25) is 0 Å². The molecule has 6 heteroatoms. The number of para-hydroxylation sites is 1. The zero-order chi connectivity index (χ0) is 23.9. The molecule has 168 valence electrons. The Kier molecular flexibility index (Phi) is 7.10. The molecule has 4 rings (SSSR count). The van der Waals surface area contributed by atoms with Gasteiger partial charge in [0, 0.05) is 30.1 Å². The summed E-state index contributed by atoms with van der Waals surface area (Å²) in [5, 5.41) is 7.97. The van der Waals surface area contributed by atoms with E-state index >= 15 is 0 Å². The van der Waals surface area contributed by atoms with Gasteiger partial charge in [-0.25, -0.2) is 0 Å². The number of nitrogens with one attached hydrogen (secondary N) is 2. The number of amides is 2. The normalized spacial score (nSPS) is 10.7. The Morgan fingerprint density at radius 2 is 1.50 bits per heavy atom. The number of rotatable bonds is 5. The van der Waals surface area contributed by atoms with E-state index in [0.29, 0.717) is 11.3 Å². The van der Waals surface area contributed by atoms with E-state index in [1.807, 2.05) is 72.8 Å². The highest BCUT2D eigenvalue weighted by Gasteiger charge is 2.13. The van der Waals surface area contributed by atoms with Gasteiger partial charge in [0.05, 0.1) is 0 Å². The van der Waals surface area contributed by atoms with E-state index in [-0.39, 0.29) is 16.9 Å². The number of thiocarbonyl (C=S) groups is 1. The number of anilines is 2. The molecule has 0 aliphatic heterocycles. The summed E-state index contributed by atoms with van der Waals surface area (Å²) in [5.74, 6) is -0.450. The number of hydrogen-bond donors (Lipinski definition) is 2. The Labute approximate surface area is 203 Å². The number of nitrogens with zero attached hydrogens (tertiary/aromatic N) is 1. The van der Waals surface area contributed by atoms with Gasteiger partial charge >= 0.3 is 0 Å². The van der Waals surface area contributed by atoms with Gasteiger partial charge in [0.25, 0.3) is 5.91 Å². The van der Waals surface area contributed by atoms with Crippen molar-refractivity contribution < 1.29 is 9.59 Å². The molecule has 0 aromatic heterocycles. The molecule has 0 spiro atoms. The van der Waals surface area contributed by atoms with Crippen LogP contribution in [0.3, 0.4) is 0 Å². The highest BCUT2D eigenvalue weighted by Crippen LogP contribution is 2.20. The lowest BCUT2D eigenvalue weighted by atomic mass is 10.0. The summed E-state index contributed by atoms with van der Waals surface area (Å²) < 4.78 is 0. The van der Waals surface area contributed by atoms with Crippen LogP contribution in [-0.2, 0) is 4.79 Å². The summed E-state index contributed by atoms with van der Waals surface area (Å²) in [7, 11) is 1.74. The van der Waals surface area contributed by atoms with E-state index in [4.69, 9.17) is 12.2 Å². The van der Waals surface area contributed by atoms with Crippen molar-refractivity contribution in [2.75, 3.05) is 17.3 Å². The molecule has 0 saturated carbocycles. The average Bonchev–Trinajstić information content (AvgIpc) is 2.87. The van der Waals surface area contributed by atoms with Gasteiger partial charge in [-0.05, 0) is 71.0 Å². The fourth-order valence-electron chi connectivity index (χ4n) is 3.54. The highest BCUT2D eigenvalue weighted by atomic mass is 32.1. The van der Waals surface area contributed by atoms with E-state index < -0.39 is 0 Å². The minimum Gasteiger partial charge on any atom is -0.332 e. The van der Waals surface area contributed by atoms with Gasteiger partial charge in [0.15, 0.2) is 5.11 Å². The molecule has 0 atom stereocenters. The molecule has 0 unspecified atom stereocenters. The molecule has 2 N–H and O–H groups in total. The molecule has 34 heavy (non-hydrogen) atoms. The van der Waals surface area contributed by atoms with Crippen LogP contribution in [0.1, 0.15) is 15.9 Å². The van der Waals surface area contributed by atoms with Gasteiger partial charge in [0.1, 0.15) is 0 Å². The molecule has 0 saturated heterocycles. The maximum Gasteiger partial charge on any atom is 0.258 e. The van der Waals surface area contributed by atoms with Crippen LogP contribution in [0.15, 0.2) is 103 Å². The minimum absolute atomic E-state index is 0.118. The Morgan fingerprint density at radius 3 is 2.26 bits per heavy atom. The second kappa shape index (κ2) is 10.6. The maximum absolute atomic E-state index is 12.7. The molecular formula is C28H23N3O2S. The first-order valence-electron chi connectivity index (χ1n) is 10.7. The minimum atomic E-state index is -0.332. The summed E-state index contributed by atoms with van der Waals surface area (Å²) >= 11 is 5.26. The highest BCUT2D eigenvalue weighted by molar-refractivity contribution is 7.80. The van der Waals surface area contributed by atoms with E-state index in [2.05, 4.69) is 10.6 Å². The fourth-order valence-corrected chi connectivity index (χ4v) is 3.75.